The number of ether oxygens (including phenoxy) is 1. The third-order valence-electron chi connectivity index (χ3n) is 4.97. The molecule has 3 atom stereocenters. The first-order valence-corrected chi connectivity index (χ1v) is 10.6. The van der Waals surface area contributed by atoms with Crippen molar-refractivity contribution in [2.24, 2.45) is 11.8 Å². The first-order chi connectivity index (χ1) is 13.1. The zero-order chi connectivity index (χ0) is 21.0. The quantitative estimate of drug-likeness (QED) is 0.696. The van der Waals surface area contributed by atoms with E-state index in [9.17, 15) is 14.4 Å². The van der Waals surface area contributed by atoms with Crippen LogP contribution in [0.1, 0.15) is 52.8 Å². The van der Waals surface area contributed by atoms with Gasteiger partial charge in [0, 0.05) is 25.9 Å². The fraction of sp³-hybridized carbons (Fsp3) is 0.650. The maximum atomic E-state index is 12.7. The number of thiophene rings is 1. The lowest BCUT2D eigenvalue weighted by atomic mass is 9.92. The van der Waals surface area contributed by atoms with Crippen LogP contribution >= 0.6 is 11.3 Å². The Morgan fingerprint density at radius 1 is 1.21 bits per heavy atom. The van der Waals surface area contributed by atoms with E-state index in [0.29, 0.717) is 33.8 Å². The second-order valence-electron chi connectivity index (χ2n) is 8.01. The minimum absolute atomic E-state index is 0.146. The summed E-state index contributed by atoms with van der Waals surface area (Å²) in [6.45, 7) is 10.4. The number of hydrogen-bond acceptors (Lipinski definition) is 5. The molecule has 0 radical (unpaired) electrons. The number of esters is 1. The zero-order valence-electron chi connectivity index (χ0n) is 17.7. The topological polar surface area (TPSA) is 80.1 Å². The van der Waals surface area contributed by atoms with Gasteiger partial charge in [-0.1, -0.05) is 13.8 Å². The van der Waals surface area contributed by atoms with Gasteiger partial charge in [0.05, 0.1) is 30.1 Å². The summed E-state index contributed by atoms with van der Waals surface area (Å²) in [7, 11) is 3.32. The molecule has 1 saturated heterocycles. The van der Waals surface area contributed by atoms with Crippen molar-refractivity contribution in [2.75, 3.05) is 45.7 Å². The first-order valence-electron chi connectivity index (χ1n) is 9.79. The van der Waals surface area contributed by atoms with E-state index < -0.39 is 5.97 Å². The van der Waals surface area contributed by atoms with E-state index in [-0.39, 0.29) is 24.0 Å². The van der Waals surface area contributed by atoms with Gasteiger partial charge < -0.3 is 19.9 Å². The summed E-state index contributed by atoms with van der Waals surface area (Å²) in [5, 5.41) is 3.26. The summed E-state index contributed by atoms with van der Waals surface area (Å²) >= 11 is 1.13. The van der Waals surface area contributed by atoms with Crippen molar-refractivity contribution in [1.29, 1.82) is 0 Å². The summed E-state index contributed by atoms with van der Waals surface area (Å²) < 4.78 is 5.15. The molecular weight excluding hydrogens is 378 g/mol. The number of rotatable bonds is 6. The Morgan fingerprint density at radius 2 is 1.82 bits per heavy atom. The van der Waals surface area contributed by atoms with Gasteiger partial charge in [-0.05, 0) is 25.8 Å². The number of likely N-dealkylation sites (tertiary alicyclic amines) is 1. The minimum Gasteiger partial charge on any atom is -0.462 e. The third kappa shape index (κ3) is 5.32. The Balaban J connectivity index is 2.22. The van der Waals surface area contributed by atoms with E-state index in [4.69, 9.17) is 4.74 Å². The van der Waals surface area contributed by atoms with E-state index in [0.717, 1.165) is 24.4 Å². The van der Waals surface area contributed by atoms with Gasteiger partial charge in [0.15, 0.2) is 6.54 Å². The van der Waals surface area contributed by atoms with Gasteiger partial charge in [-0.2, -0.15) is 0 Å². The Bertz CT molecular complexity index is 734. The fourth-order valence-corrected chi connectivity index (χ4v) is 5.15. The lowest BCUT2D eigenvalue weighted by Gasteiger charge is -2.31. The molecule has 28 heavy (non-hydrogen) atoms. The molecule has 2 N–H and O–H groups in total. The minimum atomic E-state index is -0.517. The monoisotopic (exact) mass is 410 g/mol. The smallest absolute Gasteiger partial charge is 0.341 e. The Hall–Kier alpha value is -1.93. The SMILES string of the molecule is CCOC(=O)c1c(NC(=O)C[NH+]2C[C@H](C)C[C@H](C)C2)sc(C(=O)N(C)C)c1C. The van der Waals surface area contributed by atoms with Crippen molar-refractivity contribution in [3.63, 3.8) is 0 Å². The number of nitrogens with one attached hydrogen (secondary N) is 2. The highest BCUT2D eigenvalue weighted by Crippen LogP contribution is 2.34. The van der Waals surface area contributed by atoms with Crippen molar-refractivity contribution in [2.45, 2.75) is 34.1 Å². The summed E-state index contributed by atoms with van der Waals surface area (Å²) in [6, 6.07) is 0. The summed E-state index contributed by atoms with van der Waals surface area (Å²) in [5.41, 5.74) is 0.825. The van der Waals surface area contributed by atoms with E-state index in [1.807, 2.05) is 0 Å². The molecule has 8 heteroatoms. The highest BCUT2D eigenvalue weighted by molar-refractivity contribution is 7.18. The highest BCUT2D eigenvalue weighted by Gasteiger charge is 2.30. The maximum absolute atomic E-state index is 12.7. The Labute approximate surface area is 171 Å². The first kappa shape index (κ1) is 22.4. The van der Waals surface area contributed by atoms with Crippen LogP contribution < -0.4 is 10.2 Å². The summed E-state index contributed by atoms with van der Waals surface area (Å²) in [4.78, 5) is 40.7. The van der Waals surface area contributed by atoms with Crippen LogP contribution in [0.4, 0.5) is 5.00 Å². The highest BCUT2D eigenvalue weighted by atomic mass is 32.1. The average molecular weight is 411 g/mol. The van der Waals surface area contributed by atoms with Crippen LogP contribution in [0, 0.1) is 18.8 Å². The molecule has 7 nitrogen and oxygen atoms in total. The largest absolute Gasteiger partial charge is 0.462 e. The molecule has 0 aromatic carbocycles. The molecule has 1 fully saturated rings. The fourth-order valence-electron chi connectivity index (χ4n) is 3.92. The number of carbonyl (C=O) groups excluding carboxylic acids is 3. The van der Waals surface area contributed by atoms with Gasteiger partial charge in [0.1, 0.15) is 5.00 Å². The molecule has 1 aliphatic rings. The molecular formula is C20H32N3O4S+. The van der Waals surface area contributed by atoms with Crippen molar-refractivity contribution in [1.82, 2.24) is 4.90 Å². The predicted octanol–water partition coefficient (Wildman–Crippen LogP) is 1.43. The summed E-state index contributed by atoms with van der Waals surface area (Å²) in [5.74, 6) is 0.326. The number of quaternary nitrogens is 1. The molecule has 0 saturated carbocycles. The molecule has 2 heterocycles. The normalized spacial score (nSPS) is 21.9. The van der Waals surface area contributed by atoms with Crippen LogP contribution in [-0.4, -0.2) is 63.0 Å². The molecule has 1 unspecified atom stereocenters. The molecule has 1 aliphatic heterocycles. The van der Waals surface area contributed by atoms with Gasteiger partial charge in [0.25, 0.3) is 11.8 Å². The van der Waals surface area contributed by atoms with Crippen molar-refractivity contribution >= 4 is 34.1 Å². The predicted molar refractivity (Wildman–Crippen MR) is 110 cm³/mol. The lowest BCUT2D eigenvalue weighted by Crippen LogP contribution is -3.15. The van der Waals surface area contributed by atoms with Crippen molar-refractivity contribution in [3.8, 4) is 0 Å². The number of piperidine rings is 1. The van der Waals surface area contributed by atoms with E-state index >= 15 is 0 Å². The second kappa shape index (κ2) is 9.52. The van der Waals surface area contributed by atoms with Crippen LogP contribution in [-0.2, 0) is 9.53 Å². The van der Waals surface area contributed by atoms with Gasteiger partial charge in [-0.25, -0.2) is 4.79 Å². The molecule has 156 valence electrons. The molecule has 2 amide bonds. The van der Waals surface area contributed by atoms with E-state index in [1.54, 1.807) is 27.9 Å². The number of hydrogen-bond donors (Lipinski definition) is 2. The molecule has 1 aromatic rings. The molecule has 0 spiro atoms. The number of amides is 2. The number of anilines is 1. The van der Waals surface area contributed by atoms with Crippen LogP contribution in [0.25, 0.3) is 0 Å². The standard InChI is InChI=1S/C20H31N3O4S/c1-7-27-20(26)16-14(4)17(19(25)22(5)6)28-18(16)21-15(24)11-23-9-12(2)8-13(3)10-23/h12-13H,7-11H2,1-6H3,(H,21,24)/p+1/t12-,13+. The molecule has 1 aromatic heterocycles. The van der Waals surface area contributed by atoms with Crippen molar-refractivity contribution in [3.05, 3.63) is 16.0 Å². The van der Waals surface area contributed by atoms with Crippen molar-refractivity contribution < 1.29 is 24.0 Å². The molecule has 2 rings (SSSR count). The van der Waals surface area contributed by atoms with Gasteiger partial charge in [0.2, 0.25) is 0 Å². The van der Waals surface area contributed by atoms with Crippen LogP contribution in [0.3, 0.4) is 0 Å². The second-order valence-corrected chi connectivity index (χ2v) is 9.03. The van der Waals surface area contributed by atoms with E-state index in [2.05, 4.69) is 19.2 Å². The average Bonchev–Trinajstić information content (AvgIpc) is 2.89. The van der Waals surface area contributed by atoms with Crippen LogP contribution in [0.2, 0.25) is 0 Å². The van der Waals surface area contributed by atoms with E-state index in [1.165, 1.54) is 16.2 Å². The Kier molecular flexibility index (Phi) is 7.60. The zero-order valence-corrected chi connectivity index (χ0v) is 18.5. The molecule has 0 bridgehead atoms. The third-order valence-corrected chi connectivity index (χ3v) is 6.16. The Morgan fingerprint density at radius 3 is 2.36 bits per heavy atom. The van der Waals surface area contributed by atoms with Crippen LogP contribution in [0.5, 0.6) is 0 Å². The maximum Gasteiger partial charge on any atom is 0.341 e. The number of nitrogens with zero attached hydrogens (tertiary/aromatic N) is 1. The molecule has 0 aliphatic carbocycles. The summed E-state index contributed by atoms with van der Waals surface area (Å²) in [6.07, 6.45) is 1.19. The van der Waals surface area contributed by atoms with Gasteiger partial charge in [-0.3, -0.25) is 9.59 Å². The lowest BCUT2D eigenvalue weighted by molar-refractivity contribution is -0.904. The van der Waals surface area contributed by atoms with Gasteiger partial charge >= 0.3 is 5.97 Å². The number of carbonyl (C=O) groups is 3. The van der Waals surface area contributed by atoms with Gasteiger partial charge in [-0.15, -0.1) is 11.3 Å². The van der Waals surface area contributed by atoms with Crippen LogP contribution in [0.15, 0.2) is 0 Å².